The van der Waals surface area contributed by atoms with E-state index < -0.39 is 17.7 Å². The normalized spacial score (nSPS) is 14.0. The molecule has 1 saturated heterocycles. The lowest BCUT2D eigenvalue weighted by Crippen LogP contribution is -2.31. The Bertz CT molecular complexity index is 823. The number of benzene rings is 1. The summed E-state index contributed by atoms with van der Waals surface area (Å²) in [5.74, 6) is -0.404. The highest BCUT2D eigenvalue weighted by Gasteiger charge is 2.18. The van der Waals surface area contributed by atoms with Gasteiger partial charge in [0, 0.05) is 33.3 Å². The van der Waals surface area contributed by atoms with Crippen LogP contribution in [-0.4, -0.2) is 43.2 Å². The number of anilines is 4. The van der Waals surface area contributed by atoms with Gasteiger partial charge in [-0.1, -0.05) is 0 Å². The number of urea groups is 1. The Kier molecular flexibility index (Phi) is 5.68. The van der Waals surface area contributed by atoms with Gasteiger partial charge in [-0.05, 0) is 31.4 Å². The predicted octanol–water partition coefficient (Wildman–Crippen LogP) is 3.46. The van der Waals surface area contributed by atoms with Gasteiger partial charge in [0.25, 0.3) is 0 Å². The van der Waals surface area contributed by atoms with E-state index in [9.17, 15) is 13.6 Å². The average Bonchev–Trinajstić information content (AvgIpc) is 2.65. The highest BCUT2D eigenvalue weighted by Crippen LogP contribution is 2.25. The van der Waals surface area contributed by atoms with Crippen molar-refractivity contribution in [2.24, 2.45) is 0 Å². The summed E-state index contributed by atoms with van der Waals surface area (Å²) in [5, 5.41) is 4.97. The molecule has 0 bridgehead atoms. The van der Waals surface area contributed by atoms with Crippen LogP contribution < -0.4 is 20.4 Å². The number of rotatable bonds is 4. The summed E-state index contributed by atoms with van der Waals surface area (Å²) >= 11 is 0. The van der Waals surface area contributed by atoms with Crippen molar-refractivity contribution in [2.75, 3.05) is 47.6 Å². The van der Waals surface area contributed by atoms with Crippen LogP contribution in [0.3, 0.4) is 0 Å². The average molecular weight is 376 g/mol. The number of piperidine rings is 1. The van der Waals surface area contributed by atoms with Crippen LogP contribution in [0.25, 0.3) is 0 Å². The Balaban J connectivity index is 1.75. The number of hydrogen-bond acceptors (Lipinski definition) is 5. The molecule has 1 fully saturated rings. The minimum absolute atomic E-state index is 0.119. The molecular weight excluding hydrogens is 354 g/mol. The lowest BCUT2D eigenvalue weighted by molar-refractivity contribution is 0.262. The number of carbonyl (C=O) groups excluding carboxylic acids is 1. The molecule has 144 valence electrons. The molecule has 0 atom stereocenters. The van der Waals surface area contributed by atoms with Crippen LogP contribution in [0.5, 0.6) is 0 Å². The summed E-state index contributed by atoms with van der Waals surface area (Å²) in [6.07, 6.45) is 4.95. The lowest BCUT2D eigenvalue weighted by atomic mass is 10.1. The van der Waals surface area contributed by atoms with E-state index in [0.29, 0.717) is 23.5 Å². The molecule has 0 spiro atoms. The van der Waals surface area contributed by atoms with Gasteiger partial charge >= 0.3 is 6.03 Å². The molecule has 1 aliphatic rings. The van der Waals surface area contributed by atoms with E-state index in [2.05, 4.69) is 25.5 Å². The zero-order valence-corrected chi connectivity index (χ0v) is 15.3. The summed E-state index contributed by atoms with van der Waals surface area (Å²) < 4.78 is 26.7. The maximum absolute atomic E-state index is 13.7. The van der Waals surface area contributed by atoms with Crippen LogP contribution in [0.1, 0.15) is 19.3 Å². The van der Waals surface area contributed by atoms with Crippen molar-refractivity contribution < 1.29 is 13.6 Å². The van der Waals surface area contributed by atoms with Crippen molar-refractivity contribution in [1.29, 1.82) is 0 Å². The van der Waals surface area contributed by atoms with Gasteiger partial charge in [-0.2, -0.15) is 4.98 Å². The van der Waals surface area contributed by atoms with Gasteiger partial charge in [0.05, 0.1) is 11.9 Å². The minimum atomic E-state index is -0.852. The second-order valence-corrected chi connectivity index (χ2v) is 6.55. The molecule has 7 nitrogen and oxygen atoms in total. The molecule has 0 radical (unpaired) electrons. The minimum Gasteiger partial charge on any atom is -0.361 e. The number of amides is 2. The van der Waals surface area contributed by atoms with Crippen molar-refractivity contribution in [3.63, 3.8) is 0 Å². The van der Waals surface area contributed by atoms with E-state index in [-0.39, 0.29) is 5.69 Å². The van der Waals surface area contributed by atoms with E-state index in [1.807, 2.05) is 14.1 Å². The Morgan fingerprint density at radius 2 is 1.81 bits per heavy atom. The van der Waals surface area contributed by atoms with Crippen LogP contribution in [0.4, 0.5) is 36.7 Å². The van der Waals surface area contributed by atoms with Crippen molar-refractivity contribution in [1.82, 2.24) is 9.97 Å². The predicted molar refractivity (Wildman–Crippen MR) is 101 cm³/mol. The molecule has 2 heterocycles. The van der Waals surface area contributed by atoms with Gasteiger partial charge in [-0.25, -0.2) is 18.6 Å². The van der Waals surface area contributed by atoms with Crippen LogP contribution in [-0.2, 0) is 0 Å². The van der Waals surface area contributed by atoms with Crippen molar-refractivity contribution in [3.05, 3.63) is 36.0 Å². The maximum atomic E-state index is 13.7. The quantitative estimate of drug-likeness (QED) is 0.855. The van der Waals surface area contributed by atoms with E-state index in [4.69, 9.17) is 0 Å². The number of nitrogens with one attached hydrogen (secondary N) is 2. The highest BCUT2D eigenvalue weighted by atomic mass is 19.1. The van der Waals surface area contributed by atoms with E-state index in [1.54, 1.807) is 4.90 Å². The fraction of sp³-hybridized carbons (Fsp3) is 0.389. The Labute approximate surface area is 156 Å². The molecule has 0 unspecified atom stereocenters. The Hall–Kier alpha value is -2.97. The molecule has 1 aromatic carbocycles. The van der Waals surface area contributed by atoms with Crippen LogP contribution >= 0.6 is 0 Å². The summed E-state index contributed by atoms with van der Waals surface area (Å²) in [5.41, 5.74) is 0.270. The maximum Gasteiger partial charge on any atom is 0.323 e. The Morgan fingerprint density at radius 1 is 1.11 bits per heavy atom. The third kappa shape index (κ3) is 4.60. The third-order valence-corrected chi connectivity index (χ3v) is 4.25. The largest absolute Gasteiger partial charge is 0.361 e. The first kappa shape index (κ1) is 18.8. The van der Waals surface area contributed by atoms with E-state index in [1.165, 1.54) is 12.6 Å². The SMILES string of the molecule is CN(C)c1nc(N2CCCCC2)ncc1NC(=O)Nc1ccc(F)cc1F. The van der Waals surface area contributed by atoms with Gasteiger partial charge in [0.1, 0.15) is 17.3 Å². The second-order valence-electron chi connectivity index (χ2n) is 6.55. The monoisotopic (exact) mass is 376 g/mol. The molecule has 1 aliphatic heterocycles. The summed E-state index contributed by atoms with van der Waals surface area (Å²) in [4.78, 5) is 25.0. The summed E-state index contributed by atoms with van der Waals surface area (Å²) in [6.45, 7) is 1.81. The standard InChI is InChI=1S/C18H22F2N6O/c1-25(2)16-15(11-21-17(24-16)26-8-4-3-5-9-26)23-18(27)22-14-7-6-12(19)10-13(14)20/h6-7,10-11H,3-5,8-9H2,1-2H3,(H2,22,23,27). The number of aromatic nitrogens is 2. The molecule has 2 N–H and O–H groups in total. The molecule has 3 rings (SSSR count). The van der Waals surface area contributed by atoms with Crippen LogP contribution in [0.2, 0.25) is 0 Å². The van der Waals surface area contributed by atoms with Gasteiger partial charge in [-0.15, -0.1) is 0 Å². The molecule has 2 amide bonds. The zero-order chi connectivity index (χ0) is 19.4. The number of halogens is 2. The first-order chi connectivity index (χ1) is 12.9. The molecule has 9 heteroatoms. The van der Waals surface area contributed by atoms with E-state index >= 15 is 0 Å². The van der Waals surface area contributed by atoms with Gasteiger partial charge in [0.15, 0.2) is 5.82 Å². The van der Waals surface area contributed by atoms with Gasteiger partial charge in [0.2, 0.25) is 5.95 Å². The number of nitrogens with zero attached hydrogens (tertiary/aromatic N) is 4. The fourth-order valence-corrected chi connectivity index (χ4v) is 2.91. The van der Waals surface area contributed by atoms with Crippen molar-refractivity contribution in [2.45, 2.75) is 19.3 Å². The smallest absolute Gasteiger partial charge is 0.323 e. The molecular formula is C18H22F2N6O. The molecule has 0 saturated carbocycles. The van der Waals surface area contributed by atoms with Crippen LogP contribution in [0, 0.1) is 11.6 Å². The molecule has 1 aromatic heterocycles. The first-order valence-corrected chi connectivity index (χ1v) is 8.76. The summed E-state index contributed by atoms with van der Waals surface area (Å²) in [6, 6.07) is 2.27. The van der Waals surface area contributed by atoms with Crippen molar-refractivity contribution in [3.8, 4) is 0 Å². The van der Waals surface area contributed by atoms with Crippen LogP contribution in [0.15, 0.2) is 24.4 Å². The van der Waals surface area contributed by atoms with E-state index in [0.717, 1.165) is 38.1 Å². The molecule has 0 aliphatic carbocycles. The van der Waals surface area contributed by atoms with Crippen molar-refractivity contribution >= 4 is 29.2 Å². The molecule has 27 heavy (non-hydrogen) atoms. The fourth-order valence-electron chi connectivity index (χ4n) is 2.91. The molecule has 2 aromatic rings. The lowest BCUT2D eigenvalue weighted by Gasteiger charge is -2.28. The highest BCUT2D eigenvalue weighted by molar-refractivity contribution is 6.01. The topological polar surface area (TPSA) is 73.4 Å². The zero-order valence-electron chi connectivity index (χ0n) is 15.3. The number of carbonyl (C=O) groups is 1. The second kappa shape index (κ2) is 8.15. The first-order valence-electron chi connectivity index (χ1n) is 8.76. The Morgan fingerprint density at radius 3 is 2.48 bits per heavy atom. The van der Waals surface area contributed by atoms with Gasteiger partial charge < -0.3 is 20.4 Å². The third-order valence-electron chi connectivity index (χ3n) is 4.25. The number of hydrogen-bond donors (Lipinski definition) is 2. The summed E-state index contributed by atoms with van der Waals surface area (Å²) in [7, 11) is 3.62. The van der Waals surface area contributed by atoms with Gasteiger partial charge in [-0.3, -0.25) is 0 Å².